The number of aromatic carboxylic acids is 1. The third-order valence-corrected chi connectivity index (χ3v) is 4.63. The summed E-state index contributed by atoms with van der Waals surface area (Å²) in [5.74, 6) is -1.19. The van der Waals surface area contributed by atoms with Crippen molar-refractivity contribution >= 4 is 38.5 Å². The number of carboxylic acids is 1. The van der Waals surface area contributed by atoms with E-state index in [1.165, 1.54) is 12.1 Å². The molecule has 0 unspecified atom stereocenters. The predicted molar refractivity (Wildman–Crippen MR) is 98.9 cm³/mol. The number of hydrogen-bond acceptors (Lipinski definition) is 3. The lowest BCUT2D eigenvalue weighted by Gasteiger charge is -2.11. The zero-order chi connectivity index (χ0) is 17.9. The second-order valence-electron chi connectivity index (χ2n) is 5.37. The molecule has 0 radical (unpaired) electrons. The fourth-order valence-corrected chi connectivity index (χ4v) is 3.39. The molecule has 0 fully saturated rings. The van der Waals surface area contributed by atoms with Crippen LogP contribution in [0.3, 0.4) is 0 Å². The van der Waals surface area contributed by atoms with Gasteiger partial charge in [0, 0.05) is 0 Å². The molecule has 0 aliphatic rings. The number of anilines is 1. The monoisotopic (exact) mass is 353 g/mol. The molecule has 0 amide bonds. The third kappa shape index (κ3) is 3.87. The maximum Gasteiger partial charge on any atom is 0.338 e. The van der Waals surface area contributed by atoms with Gasteiger partial charge in [0.25, 0.3) is 10.0 Å². The SMILES string of the molecule is O=C(O)c1c(NS(=O)(=O)/C=C/c2ccccc2)ccc2ccccc12. The number of fused-ring (bicyclic) bond motifs is 1. The van der Waals surface area contributed by atoms with Gasteiger partial charge in [-0.1, -0.05) is 60.7 Å². The summed E-state index contributed by atoms with van der Waals surface area (Å²) in [5, 5.41) is 11.7. The van der Waals surface area contributed by atoms with E-state index >= 15 is 0 Å². The van der Waals surface area contributed by atoms with Crippen molar-refractivity contribution in [3.8, 4) is 0 Å². The first-order valence-corrected chi connectivity index (χ1v) is 9.02. The minimum absolute atomic E-state index is 0.0314. The molecule has 3 aromatic carbocycles. The van der Waals surface area contributed by atoms with Crippen molar-refractivity contribution in [1.29, 1.82) is 0 Å². The summed E-state index contributed by atoms with van der Waals surface area (Å²) < 4.78 is 26.9. The number of carbonyl (C=O) groups is 1. The Bertz CT molecular complexity index is 1060. The maximum atomic E-state index is 12.3. The summed E-state index contributed by atoms with van der Waals surface area (Å²) >= 11 is 0. The smallest absolute Gasteiger partial charge is 0.338 e. The lowest BCUT2D eigenvalue weighted by Crippen LogP contribution is -2.13. The predicted octanol–water partition coefficient (Wildman–Crippen LogP) is 3.95. The fraction of sp³-hybridized carbons (Fsp3) is 0. The molecule has 0 spiro atoms. The molecule has 0 saturated heterocycles. The van der Waals surface area contributed by atoms with Crippen LogP contribution in [0.2, 0.25) is 0 Å². The van der Waals surface area contributed by atoms with Crippen LogP contribution in [0.25, 0.3) is 16.8 Å². The van der Waals surface area contributed by atoms with E-state index in [1.807, 2.05) is 6.07 Å². The van der Waals surface area contributed by atoms with Crippen LogP contribution in [0.15, 0.2) is 72.1 Å². The molecule has 0 aromatic heterocycles. The van der Waals surface area contributed by atoms with Crippen LogP contribution >= 0.6 is 0 Å². The molecule has 126 valence electrons. The normalized spacial score (nSPS) is 11.7. The van der Waals surface area contributed by atoms with Crippen LogP contribution in [0.5, 0.6) is 0 Å². The average molecular weight is 353 g/mol. The van der Waals surface area contributed by atoms with Crippen molar-refractivity contribution in [2.75, 3.05) is 4.72 Å². The van der Waals surface area contributed by atoms with Crippen LogP contribution in [0.4, 0.5) is 5.69 Å². The molecule has 5 nitrogen and oxygen atoms in total. The van der Waals surface area contributed by atoms with Gasteiger partial charge in [0.05, 0.1) is 16.7 Å². The molecule has 6 heteroatoms. The number of sulfonamides is 1. The number of hydrogen-bond donors (Lipinski definition) is 2. The molecule has 0 heterocycles. The number of carboxylic acid groups (broad SMARTS) is 1. The Balaban J connectivity index is 1.98. The molecule has 0 aliphatic heterocycles. The molecule has 3 rings (SSSR count). The van der Waals surface area contributed by atoms with Crippen LogP contribution in [0.1, 0.15) is 15.9 Å². The average Bonchev–Trinajstić information content (AvgIpc) is 2.60. The van der Waals surface area contributed by atoms with Crippen LogP contribution < -0.4 is 4.72 Å². The Hall–Kier alpha value is -3.12. The van der Waals surface area contributed by atoms with Gasteiger partial charge in [0.15, 0.2) is 0 Å². The molecule has 0 aliphatic carbocycles. The van der Waals surface area contributed by atoms with E-state index in [0.29, 0.717) is 5.39 Å². The first kappa shape index (κ1) is 16.7. The van der Waals surface area contributed by atoms with Crippen molar-refractivity contribution in [3.05, 3.63) is 83.3 Å². The molecule has 0 saturated carbocycles. The van der Waals surface area contributed by atoms with E-state index in [4.69, 9.17) is 0 Å². The lowest BCUT2D eigenvalue weighted by molar-refractivity contribution is 0.0700. The zero-order valence-corrected chi connectivity index (χ0v) is 13.9. The van der Waals surface area contributed by atoms with Crippen molar-refractivity contribution in [1.82, 2.24) is 0 Å². The van der Waals surface area contributed by atoms with Crippen LogP contribution in [0, 0.1) is 0 Å². The van der Waals surface area contributed by atoms with Gasteiger partial charge in [0.1, 0.15) is 0 Å². The van der Waals surface area contributed by atoms with Gasteiger partial charge < -0.3 is 5.11 Å². The van der Waals surface area contributed by atoms with Crippen molar-refractivity contribution in [2.45, 2.75) is 0 Å². The summed E-state index contributed by atoms with van der Waals surface area (Å²) in [6.07, 6.45) is 1.45. The molecular weight excluding hydrogens is 338 g/mol. The molecule has 0 bridgehead atoms. The van der Waals surface area contributed by atoms with Gasteiger partial charge >= 0.3 is 5.97 Å². The van der Waals surface area contributed by atoms with E-state index in [9.17, 15) is 18.3 Å². The summed E-state index contributed by atoms with van der Waals surface area (Å²) in [4.78, 5) is 11.6. The molecule has 2 N–H and O–H groups in total. The highest BCUT2D eigenvalue weighted by Crippen LogP contribution is 2.27. The lowest BCUT2D eigenvalue weighted by atomic mass is 10.0. The van der Waals surface area contributed by atoms with E-state index in [2.05, 4.69) is 4.72 Å². The van der Waals surface area contributed by atoms with Crippen molar-refractivity contribution in [3.63, 3.8) is 0 Å². The summed E-state index contributed by atoms with van der Waals surface area (Å²) in [7, 11) is -3.85. The molecule has 0 atom stereocenters. The van der Waals surface area contributed by atoms with Gasteiger partial charge in [0.2, 0.25) is 0 Å². The van der Waals surface area contributed by atoms with Gasteiger partial charge in [-0.2, -0.15) is 0 Å². The first-order chi connectivity index (χ1) is 12.0. The fourth-order valence-electron chi connectivity index (χ4n) is 2.51. The summed E-state index contributed by atoms with van der Waals surface area (Å²) in [6.45, 7) is 0. The zero-order valence-electron chi connectivity index (χ0n) is 13.1. The molecule has 3 aromatic rings. The highest BCUT2D eigenvalue weighted by Gasteiger charge is 2.17. The minimum Gasteiger partial charge on any atom is -0.478 e. The van der Waals surface area contributed by atoms with E-state index < -0.39 is 16.0 Å². The van der Waals surface area contributed by atoms with E-state index in [1.54, 1.807) is 54.6 Å². The van der Waals surface area contributed by atoms with Gasteiger partial charge in [-0.15, -0.1) is 0 Å². The van der Waals surface area contributed by atoms with Crippen molar-refractivity contribution in [2.24, 2.45) is 0 Å². The Morgan fingerprint density at radius 3 is 2.32 bits per heavy atom. The molecule has 25 heavy (non-hydrogen) atoms. The Labute approximate surface area is 145 Å². The Morgan fingerprint density at radius 2 is 1.60 bits per heavy atom. The van der Waals surface area contributed by atoms with Gasteiger partial charge in [-0.3, -0.25) is 4.72 Å². The standard InChI is InChI=1S/C19H15NO4S/c21-19(22)18-16-9-5-4-8-15(16)10-11-17(18)20-25(23,24)13-12-14-6-2-1-3-7-14/h1-13,20H,(H,21,22)/b13-12+. The topological polar surface area (TPSA) is 83.5 Å². The van der Waals surface area contributed by atoms with E-state index in [-0.39, 0.29) is 11.3 Å². The number of rotatable bonds is 5. The van der Waals surface area contributed by atoms with Crippen LogP contribution in [-0.2, 0) is 10.0 Å². The highest BCUT2D eigenvalue weighted by atomic mass is 32.2. The number of benzene rings is 3. The summed E-state index contributed by atoms with van der Waals surface area (Å²) in [6, 6.07) is 19.0. The Morgan fingerprint density at radius 1 is 0.920 bits per heavy atom. The molecular formula is C19H15NO4S. The highest BCUT2D eigenvalue weighted by molar-refractivity contribution is 7.95. The number of nitrogens with one attached hydrogen (secondary N) is 1. The summed E-state index contributed by atoms with van der Waals surface area (Å²) in [5.41, 5.74) is 0.684. The maximum absolute atomic E-state index is 12.3. The van der Waals surface area contributed by atoms with Gasteiger partial charge in [-0.05, 0) is 28.5 Å². The Kier molecular flexibility index (Phi) is 4.54. The minimum atomic E-state index is -3.85. The van der Waals surface area contributed by atoms with Crippen LogP contribution in [-0.4, -0.2) is 19.5 Å². The largest absolute Gasteiger partial charge is 0.478 e. The van der Waals surface area contributed by atoms with Crippen molar-refractivity contribution < 1.29 is 18.3 Å². The second kappa shape index (κ2) is 6.78. The first-order valence-electron chi connectivity index (χ1n) is 7.47. The van der Waals surface area contributed by atoms with E-state index in [0.717, 1.165) is 16.4 Å². The quantitative estimate of drug-likeness (QED) is 0.727. The third-order valence-electron chi connectivity index (χ3n) is 3.63. The van der Waals surface area contributed by atoms with Gasteiger partial charge in [-0.25, -0.2) is 13.2 Å². The second-order valence-corrected chi connectivity index (χ2v) is 6.94.